The molecule has 0 saturated heterocycles. The van der Waals surface area contributed by atoms with Crippen molar-refractivity contribution < 1.29 is 44.8 Å². The molecule has 4 heteroatoms. The number of hydrogen-bond donors (Lipinski definition) is 0. The van der Waals surface area contributed by atoms with E-state index in [1.807, 2.05) is 12.1 Å². The van der Waals surface area contributed by atoms with Crippen LogP contribution in [0.4, 0.5) is 0 Å². The van der Waals surface area contributed by atoms with Crippen molar-refractivity contribution in [2.75, 3.05) is 5.90 Å². The Hall–Kier alpha value is -7.12. The summed E-state index contributed by atoms with van der Waals surface area (Å²) >= 11 is 0. The molecule has 11 aromatic rings. The molecule has 0 spiro atoms. The second-order valence-corrected chi connectivity index (χ2v) is 24.5. The zero-order valence-corrected chi connectivity index (χ0v) is 47.8. The second kappa shape index (κ2) is 25.8. The van der Waals surface area contributed by atoms with Crippen LogP contribution in [0.25, 0.3) is 22.3 Å². The number of rotatable bonds is 9. The van der Waals surface area contributed by atoms with E-state index in [4.69, 9.17) is 12.8 Å². The van der Waals surface area contributed by atoms with Crippen molar-refractivity contribution in [3.63, 3.8) is 0 Å². The normalized spacial score (nSPS) is 12.7. The van der Waals surface area contributed by atoms with Gasteiger partial charge in [-0.25, -0.2) is 0 Å². The maximum absolute atomic E-state index is 7.66. The third kappa shape index (κ3) is 11.3. The largest absolute Gasteiger partial charge is 1.00 e. The Bertz CT molecular complexity index is 3570. The van der Waals surface area contributed by atoms with Gasteiger partial charge >= 0.3 is 44.8 Å². The van der Waals surface area contributed by atoms with Crippen LogP contribution in [0.2, 0.25) is 0 Å². The molecule has 0 amide bonds. The summed E-state index contributed by atoms with van der Waals surface area (Å²) < 4.78 is 0. The van der Waals surface area contributed by atoms with Crippen molar-refractivity contribution in [2.24, 2.45) is 0 Å². The Kier molecular flexibility index (Phi) is 18.3. The monoisotopic (exact) mass is 1300 g/mol. The standard InChI is InChI=1S/C27H17.C25H22P2.C21H13.Ag.Au/c1-2-20-17-18-24-23-15-9-10-16-25(23)27(26(24)19-20,21-11-5-3-6-12-21)22-13-7-4-8-14-22;1-5-13-22(14-6-1)26(23-15-7-2-8-16-23)21-27(24-17-9-3-10-18-24)25-19-11-4-12-20-25;1-2-15-12-13-19-20(14-15)17-10-6-7-11-18(17)21(19)16-8-4-3-5-9-16;;/h3-19H;1-20H,21H2;3-14,21H;;/q-1;;-1;2*+1/p+2. The van der Waals surface area contributed by atoms with E-state index in [0.717, 1.165) is 11.1 Å². The number of hydrogen-bond acceptors (Lipinski definition) is 0. The molecule has 1 atom stereocenters. The molecule has 0 N–H and O–H groups in total. The number of fused-ring (bicyclic) bond motifs is 6. The van der Waals surface area contributed by atoms with Crippen molar-refractivity contribution in [3.05, 3.63) is 360 Å². The van der Waals surface area contributed by atoms with Gasteiger partial charge in [-0.15, -0.1) is 35.4 Å². The molecule has 2 aliphatic carbocycles. The zero-order chi connectivity index (χ0) is 50.8. The average molecular weight is 1300 g/mol. The third-order valence-electron chi connectivity index (χ3n) is 14.6. The minimum Gasteiger partial charge on any atom is -0.366 e. The minimum absolute atomic E-state index is 0. The van der Waals surface area contributed by atoms with Gasteiger partial charge in [-0.3, -0.25) is 11.8 Å². The van der Waals surface area contributed by atoms with E-state index >= 15 is 0 Å². The van der Waals surface area contributed by atoms with Crippen LogP contribution in [0.1, 0.15) is 56.0 Å². The van der Waals surface area contributed by atoms with Crippen molar-refractivity contribution in [1.29, 1.82) is 0 Å². The molecule has 0 heterocycles. The van der Waals surface area contributed by atoms with Crippen molar-refractivity contribution in [3.8, 4) is 34.1 Å². The van der Waals surface area contributed by atoms with Gasteiger partial charge in [0.1, 0.15) is 37.1 Å². The van der Waals surface area contributed by atoms with E-state index in [-0.39, 0.29) is 56.1 Å². The maximum Gasteiger partial charge on any atom is 1.00 e. The topological polar surface area (TPSA) is 0 Å². The van der Waals surface area contributed by atoms with E-state index in [1.165, 1.54) is 88.3 Å². The van der Waals surface area contributed by atoms with E-state index in [0.29, 0.717) is 0 Å². The van der Waals surface area contributed by atoms with Crippen LogP contribution in [0.15, 0.2) is 297 Å². The summed E-state index contributed by atoms with van der Waals surface area (Å²) in [6, 6.07) is 106. The molecule has 77 heavy (non-hydrogen) atoms. The molecular formula is C73H54AgAuP2+2. The number of benzene rings is 11. The second-order valence-electron chi connectivity index (χ2n) is 18.9. The van der Waals surface area contributed by atoms with Gasteiger partial charge in [-0.05, 0) is 110 Å². The van der Waals surface area contributed by atoms with Crippen LogP contribution in [-0.2, 0) is 50.2 Å². The van der Waals surface area contributed by atoms with Gasteiger partial charge in [-0.1, -0.05) is 224 Å². The van der Waals surface area contributed by atoms with E-state index in [1.54, 1.807) is 0 Å². The van der Waals surface area contributed by atoms with Gasteiger partial charge in [0.25, 0.3) is 0 Å². The van der Waals surface area contributed by atoms with Gasteiger partial charge in [0, 0.05) is 5.92 Å². The molecule has 376 valence electrons. The van der Waals surface area contributed by atoms with E-state index in [9.17, 15) is 0 Å². The van der Waals surface area contributed by atoms with Crippen LogP contribution in [0.5, 0.6) is 0 Å². The van der Waals surface area contributed by atoms with Gasteiger partial charge in [-0.2, -0.15) is 0 Å². The fraction of sp³-hybridized carbons (Fsp3) is 0.0411. The fourth-order valence-corrected chi connectivity index (χ4v) is 19.0. The zero-order valence-electron chi connectivity index (χ0n) is 42.2. The molecule has 1 unspecified atom stereocenters. The first kappa shape index (κ1) is 54.7. The summed E-state index contributed by atoms with van der Waals surface area (Å²) in [5.74, 6) is 6.60. The molecule has 0 nitrogen and oxygen atoms in total. The third-order valence-corrected chi connectivity index (χ3v) is 21.6. The molecule has 0 aliphatic heterocycles. The Morgan fingerprint density at radius 2 is 0.701 bits per heavy atom. The van der Waals surface area contributed by atoms with Crippen LogP contribution in [0, 0.1) is 24.7 Å². The van der Waals surface area contributed by atoms with Crippen molar-refractivity contribution in [2.45, 2.75) is 11.3 Å². The molecule has 0 aromatic heterocycles. The molecule has 0 radical (unpaired) electrons. The quantitative estimate of drug-likeness (QED) is 0.0585. The molecule has 13 rings (SSSR count). The first-order valence-corrected chi connectivity index (χ1v) is 29.0. The van der Waals surface area contributed by atoms with E-state index < -0.39 is 15.8 Å². The van der Waals surface area contributed by atoms with Crippen LogP contribution >= 0.6 is 15.8 Å². The Morgan fingerprint density at radius 3 is 1.18 bits per heavy atom. The first-order chi connectivity index (χ1) is 37.1. The minimum atomic E-state index is -0.847. The van der Waals surface area contributed by atoms with Crippen LogP contribution in [-0.4, -0.2) is 5.90 Å². The Balaban J connectivity index is 0.000000140. The van der Waals surface area contributed by atoms with Crippen molar-refractivity contribution in [1.82, 2.24) is 0 Å². The summed E-state index contributed by atoms with van der Waals surface area (Å²) in [7, 11) is -1.69. The first-order valence-electron chi connectivity index (χ1n) is 25.6. The van der Waals surface area contributed by atoms with Crippen LogP contribution < -0.4 is 21.2 Å². The summed E-state index contributed by atoms with van der Waals surface area (Å²) in [6.45, 7) is 0. The summed E-state index contributed by atoms with van der Waals surface area (Å²) in [6.07, 6.45) is 15.0. The fourth-order valence-electron chi connectivity index (χ4n) is 11.3. The van der Waals surface area contributed by atoms with Gasteiger partial charge < -0.3 is 12.8 Å². The Morgan fingerprint density at radius 1 is 0.338 bits per heavy atom. The van der Waals surface area contributed by atoms with Gasteiger partial charge in [0.2, 0.25) is 0 Å². The van der Waals surface area contributed by atoms with Gasteiger partial charge in [0.05, 0.1) is 5.41 Å². The SMILES string of the molecule is [Ag+].[Au+].[C-]#Cc1ccc2c(c1)-c1ccccc1C2c1ccccc1.[C-]#Cc1ccc2c(c1)C(c1ccccc1)(c1ccccc1)c1ccccc1-2.c1ccc([PH+](C[PH+](c2ccccc2)c2ccccc2)c2ccccc2)cc1. The van der Waals surface area contributed by atoms with E-state index in [2.05, 4.69) is 297 Å². The Labute approximate surface area is 489 Å². The average Bonchev–Trinajstić information content (AvgIpc) is 4.07. The molecule has 0 fully saturated rings. The molecule has 11 aromatic carbocycles. The van der Waals surface area contributed by atoms with Crippen molar-refractivity contribution >= 4 is 37.1 Å². The summed E-state index contributed by atoms with van der Waals surface area (Å²) in [4.78, 5) is 0. The molecule has 0 bridgehead atoms. The predicted octanol–water partition coefficient (Wildman–Crippen LogP) is 15.4. The summed E-state index contributed by atoms with van der Waals surface area (Å²) in [5, 5.41) is 6.01. The van der Waals surface area contributed by atoms with Gasteiger partial charge in [0.15, 0.2) is 5.90 Å². The predicted molar refractivity (Wildman–Crippen MR) is 321 cm³/mol. The van der Waals surface area contributed by atoms with Crippen LogP contribution in [0.3, 0.4) is 0 Å². The maximum atomic E-state index is 7.66. The molecule has 2 aliphatic rings. The smallest absolute Gasteiger partial charge is 0.366 e. The molecule has 0 saturated carbocycles. The molecular weight excluding hydrogens is 1240 g/mol. The summed E-state index contributed by atoms with van der Waals surface area (Å²) in [5.41, 5.74) is 15.2.